The van der Waals surface area contributed by atoms with E-state index in [2.05, 4.69) is 0 Å². The summed E-state index contributed by atoms with van der Waals surface area (Å²) in [5.41, 5.74) is 0. The summed E-state index contributed by atoms with van der Waals surface area (Å²) in [7, 11) is 0. The van der Waals surface area contributed by atoms with Crippen molar-refractivity contribution < 1.29 is 19.5 Å². The molecular formula is C9H11NO4. The molecule has 0 aromatic rings. The van der Waals surface area contributed by atoms with Gasteiger partial charge in [-0.25, -0.2) is 4.79 Å². The molecule has 5 nitrogen and oxygen atoms in total. The molecule has 1 heterocycles. The van der Waals surface area contributed by atoms with Crippen LogP contribution in [0.1, 0.15) is 19.8 Å². The molecule has 0 unspecified atom stereocenters. The summed E-state index contributed by atoms with van der Waals surface area (Å²) >= 11 is 0. The van der Waals surface area contributed by atoms with E-state index in [0.717, 1.165) is 17.1 Å². The van der Waals surface area contributed by atoms with Crippen molar-refractivity contribution in [3.05, 3.63) is 12.2 Å². The molecule has 2 amide bonds. The normalized spacial score (nSPS) is 17.6. The number of hydrogen-bond donors (Lipinski definition) is 1. The molecule has 1 N–H and O–H groups in total. The van der Waals surface area contributed by atoms with Gasteiger partial charge in [-0.2, -0.15) is 0 Å². The zero-order valence-corrected chi connectivity index (χ0v) is 7.77. The highest BCUT2D eigenvalue weighted by Crippen LogP contribution is 2.13. The zero-order valence-electron chi connectivity index (χ0n) is 7.77. The van der Waals surface area contributed by atoms with E-state index in [1.54, 1.807) is 6.92 Å². The van der Waals surface area contributed by atoms with Gasteiger partial charge >= 0.3 is 5.97 Å². The second kappa shape index (κ2) is 4.04. The average Bonchev–Trinajstić information content (AvgIpc) is 2.43. The van der Waals surface area contributed by atoms with Crippen LogP contribution in [0.15, 0.2) is 12.2 Å². The van der Waals surface area contributed by atoms with Gasteiger partial charge in [-0.15, -0.1) is 0 Å². The first-order valence-corrected chi connectivity index (χ1v) is 4.36. The van der Waals surface area contributed by atoms with Gasteiger partial charge in [0.2, 0.25) is 0 Å². The van der Waals surface area contributed by atoms with Crippen molar-refractivity contribution in [1.82, 2.24) is 4.90 Å². The van der Waals surface area contributed by atoms with E-state index in [0.29, 0.717) is 6.42 Å². The second-order valence-electron chi connectivity index (χ2n) is 3.02. The molecule has 1 atom stereocenters. The number of rotatable bonds is 4. The number of aliphatic carboxylic acids is 1. The molecule has 76 valence electrons. The van der Waals surface area contributed by atoms with Crippen LogP contribution in [0.5, 0.6) is 0 Å². The molecule has 0 bridgehead atoms. The number of carboxylic acids is 1. The topological polar surface area (TPSA) is 74.7 Å². The minimum atomic E-state index is -1.14. The van der Waals surface area contributed by atoms with Gasteiger partial charge in [0.05, 0.1) is 0 Å². The van der Waals surface area contributed by atoms with E-state index in [1.807, 2.05) is 0 Å². The maximum atomic E-state index is 11.2. The molecule has 0 aliphatic carbocycles. The van der Waals surface area contributed by atoms with E-state index in [1.165, 1.54) is 0 Å². The Balaban J connectivity index is 2.83. The lowest BCUT2D eigenvalue weighted by Crippen LogP contribution is -2.44. The number of nitrogens with zero attached hydrogens (tertiary/aromatic N) is 1. The van der Waals surface area contributed by atoms with Gasteiger partial charge in [0, 0.05) is 12.2 Å². The summed E-state index contributed by atoms with van der Waals surface area (Å²) in [6.07, 6.45) is 3.07. The van der Waals surface area contributed by atoms with E-state index < -0.39 is 23.8 Å². The predicted molar refractivity (Wildman–Crippen MR) is 47.3 cm³/mol. The molecule has 0 fully saturated rings. The lowest BCUT2D eigenvalue weighted by atomic mass is 10.1. The maximum Gasteiger partial charge on any atom is 0.326 e. The third-order valence-corrected chi connectivity index (χ3v) is 2.00. The molecule has 0 radical (unpaired) electrons. The van der Waals surface area contributed by atoms with Crippen LogP contribution in [-0.4, -0.2) is 33.8 Å². The first-order chi connectivity index (χ1) is 6.57. The standard InChI is InChI=1S/C9H11NO4/c1-2-3-6(9(13)14)10-7(11)4-5-8(10)12/h4-6H,2-3H2,1H3,(H,13,14)/t6-/m1/s1. The predicted octanol–water partition coefficient (Wildman–Crippen LogP) is 0.165. The van der Waals surface area contributed by atoms with Gasteiger partial charge in [-0.3, -0.25) is 14.5 Å². The zero-order chi connectivity index (χ0) is 10.7. The number of imide groups is 1. The van der Waals surface area contributed by atoms with Gasteiger partial charge in [-0.1, -0.05) is 13.3 Å². The maximum absolute atomic E-state index is 11.2. The number of amides is 2. The van der Waals surface area contributed by atoms with Crippen molar-refractivity contribution in [3.63, 3.8) is 0 Å². The van der Waals surface area contributed by atoms with E-state index in [4.69, 9.17) is 5.11 Å². The van der Waals surface area contributed by atoms with E-state index >= 15 is 0 Å². The number of carbonyl (C=O) groups excluding carboxylic acids is 2. The molecule has 1 aliphatic rings. The fourth-order valence-electron chi connectivity index (χ4n) is 1.36. The van der Waals surface area contributed by atoms with Gasteiger partial charge < -0.3 is 5.11 Å². The molecule has 1 aliphatic heterocycles. The van der Waals surface area contributed by atoms with Gasteiger partial charge in [0.15, 0.2) is 0 Å². The Bertz CT molecular complexity index is 290. The smallest absolute Gasteiger partial charge is 0.326 e. The average molecular weight is 197 g/mol. The highest BCUT2D eigenvalue weighted by Gasteiger charge is 2.34. The van der Waals surface area contributed by atoms with Crippen molar-refractivity contribution in [2.75, 3.05) is 0 Å². The largest absolute Gasteiger partial charge is 0.480 e. The molecule has 0 aromatic heterocycles. The minimum Gasteiger partial charge on any atom is -0.480 e. The second-order valence-corrected chi connectivity index (χ2v) is 3.02. The molecule has 0 saturated heterocycles. The molecule has 0 spiro atoms. The van der Waals surface area contributed by atoms with Gasteiger partial charge in [-0.05, 0) is 6.42 Å². The Kier molecular flexibility index (Phi) is 3.01. The lowest BCUT2D eigenvalue weighted by Gasteiger charge is -2.21. The molecule has 5 heteroatoms. The van der Waals surface area contributed by atoms with Crippen LogP contribution in [0.4, 0.5) is 0 Å². The Morgan fingerprint density at radius 1 is 1.43 bits per heavy atom. The van der Waals surface area contributed by atoms with Crippen molar-refractivity contribution in [3.8, 4) is 0 Å². The van der Waals surface area contributed by atoms with Crippen LogP contribution < -0.4 is 0 Å². The summed E-state index contributed by atoms with van der Waals surface area (Å²) in [5, 5.41) is 8.83. The Labute approximate surface area is 81.0 Å². The summed E-state index contributed by atoms with van der Waals surface area (Å²) in [4.78, 5) is 33.9. The van der Waals surface area contributed by atoms with E-state index in [9.17, 15) is 14.4 Å². The first kappa shape index (κ1) is 10.4. The summed E-state index contributed by atoms with van der Waals surface area (Å²) in [6, 6.07) is -1.03. The Morgan fingerprint density at radius 2 is 1.93 bits per heavy atom. The quantitative estimate of drug-likeness (QED) is 0.651. The Morgan fingerprint density at radius 3 is 2.29 bits per heavy atom. The number of carbonyl (C=O) groups is 3. The highest BCUT2D eigenvalue weighted by molar-refractivity contribution is 6.14. The summed E-state index contributed by atoms with van der Waals surface area (Å²) < 4.78 is 0. The van der Waals surface area contributed by atoms with Crippen LogP contribution in [-0.2, 0) is 14.4 Å². The van der Waals surface area contributed by atoms with Crippen LogP contribution in [0.25, 0.3) is 0 Å². The summed E-state index contributed by atoms with van der Waals surface area (Å²) in [6.45, 7) is 1.80. The monoisotopic (exact) mass is 197 g/mol. The van der Waals surface area contributed by atoms with E-state index in [-0.39, 0.29) is 6.42 Å². The highest BCUT2D eigenvalue weighted by atomic mass is 16.4. The van der Waals surface area contributed by atoms with Crippen molar-refractivity contribution >= 4 is 17.8 Å². The summed E-state index contributed by atoms with van der Waals surface area (Å²) in [5.74, 6) is -2.23. The van der Waals surface area contributed by atoms with Crippen LogP contribution >= 0.6 is 0 Å². The van der Waals surface area contributed by atoms with Crippen LogP contribution in [0, 0.1) is 0 Å². The first-order valence-electron chi connectivity index (χ1n) is 4.36. The third-order valence-electron chi connectivity index (χ3n) is 2.00. The van der Waals surface area contributed by atoms with Gasteiger partial charge in [0.25, 0.3) is 11.8 Å². The Hall–Kier alpha value is -1.65. The number of carboxylic acid groups (broad SMARTS) is 1. The number of hydrogen-bond acceptors (Lipinski definition) is 3. The molecule has 1 rings (SSSR count). The molecule has 0 aromatic carbocycles. The molecular weight excluding hydrogens is 186 g/mol. The van der Waals surface area contributed by atoms with Crippen molar-refractivity contribution in [1.29, 1.82) is 0 Å². The minimum absolute atomic E-state index is 0.286. The fraction of sp³-hybridized carbons (Fsp3) is 0.444. The fourth-order valence-corrected chi connectivity index (χ4v) is 1.36. The molecule has 0 saturated carbocycles. The lowest BCUT2D eigenvalue weighted by molar-refractivity contribution is -0.153. The van der Waals surface area contributed by atoms with Crippen molar-refractivity contribution in [2.45, 2.75) is 25.8 Å². The van der Waals surface area contributed by atoms with Crippen molar-refractivity contribution in [2.24, 2.45) is 0 Å². The van der Waals surface area contributed by atoms with Crippen LogP contribution in [0.2, 0.25) is 0 Å². The third kappa shape index (κ3) is 1.81. The van der Waals surface area contributed by atoms with Gasteiger partial charge in [0.1, 0.15) is 6.04 Å². The SMILES string of the molecule is CCC[C@H](C(=O)O)N1C(=O)C=CC1=O. The van der Waals surface area contributed by atoms with Crippen LogP contribution in [0.3, 0.4) is 0 Å². The molecule has 14 heavy (non-hydrogen) atoms.